The highest BCUT2D eigenvalue weighted by atomic mass is 16.5. The van der Waals surface area contributed by atoms with E-state index in [0.29, 0.717) is 30.1 Å². The van der Waals surface area contributed by atoms with Crippen molar-refractivity contribution in [3.05, 3.63) is 95.3 Å². The van der Waals surface area contributed by atoms with Gasteiger partial charge in [0.25, 0.3) is 5.91 Å². The molecule has 0 spiro atoms. The van der Waals surface area contributed by atoms with E-state index in [4.69, 9.17) is 9.47 Å². The minimum absolute atomic E-state index is 0.123. The van der Waals surface area contributed by atoms with Crippen LogP contribution in [0, 0.1) is 0 Å². The Labute approximate surface area is 213 Å². The molecule has 1 atom stereocenters. The van der Waals surface area contributed by atoms with Crippen molar-refractivity contribution in [1.29, 1.82) is 0 Å². The van der Waals surface area contributed by atoms with Gasteiger partial charge in [0.05, 0.1) is 26.0 Å². The molecule has 0 aliphatic carbocycles. The molecule has 0 bridgehead atoms. The van der Waals surface area contributed by atoms with Crippen LogP contribution in [0.25, 0.3) is 22.2 Å². The Hall–Kier alpha value is -4.72. The van der Waals surface area contributed by atoms with Crippen molar-refractivity contribution in [2.45, 2.75) is 12.5 Å². The fraction of sp³-hybridized carbons (Fsp3) is 0.172. The molecular formula is C29H26N4O4. The summed E-state index contributed by atoms with van der Waals surface area (Å²) in [6.07, 6.45) is 2.62. The molecule has 186 valence electrons. The van der Waals surface area contributed by atoms with Crippen molar-refractivity contribution in [3.8, 4) is 28.5 Å². The number of phenols is 1. The van der Waals surface area contributed by atoms with E-state index < -0.39 is 6.04 Å². The number of amides is 1. The van der Waals surface area contributed by atoms with Gasteiger partial charge in [-0.1, -0.05) is 24.3 Å². The lowest BCUT2D eigenvalue weighted by atomic mass is 9.95. The SMILES string of the molecule is COc1cccc(-c2n[nH]c3c2[C@H](c2cccc(O)c2)N(CCc2c[nH]c4ccc(OC)cc24)C3=O)c1. The van der Waals surface area contributed by atoms with Crippen LogP contribution in [0.15, 0.2) is 72.9 Å². The number of phenolic OH excluding ortho intramolecular Hbond substituents is 1. The first-order valence-corrected chi connectivity index (χ1v) is 12.0. The summed E-state index contributed by atoms with van der Waals surface area (Å²) in [5.74, 6) is 1.52. The minimum atomic E-state index is -0.408. The number of aromatic hydroxyl groups is 1. The molecule has 0 fully saturated rings. The maximum absolute atomic E-state index is 13.7. The Kier molecular flexibility index (Phi) is 5.56. The standard InChI is InChI=1S/C29H26N4O4/c1-36-21-8-4-5-17(14-21)26-25-27(32-31-26)29(35)33(28(25)18-6-3-7-20(34)13-18)12-11-19-16-30-24-10-9-22(37-2)15-23(19)24/h3-10,13-16,28,30,34H,11-12H2,1-2H3,(H,31,32)/t28-/m0/s1. The topological polar surface area (TPSA) is 103 Å². The van der Waals surface area contributed by atoms with E-state index in [1.165, 1.54) is 0 Å². The molecule has 8 heteroatoms. The summed E-state index contributed by atoms with van der Waals surface area (Å²) in [6, 6.07) is 20.2. The maximum atomic E-state index is 13.7. The molecule has 3 N–H and O–H groups in total. The lowest BCUT2D eigenvalue weighted by molar-refractivity contribution is 0.0746. The lowest BCUT2D eigenvalue weighted by Crippen LogP contribution is -2.31. The Morgan fingerprint density at radius 3 is 2.62 bits per heavy atom. The molecule has 37 heavy (non-hydrogen) atoms. The van der Waals surface area contributed by atoms with Gasteiger partial charge in [0.15, 0.2) is 0 Å². The van der Waals surface area contributed by atoms with E-state index in [1.54, 1.807) is 32.4 Å². The average molecular weight is 495 g/mol. The largest absolute Gasteiger partial charge is 0.508 e. The quantitative estimate of drug-likeness (QED) is 0.293. The molecule has 6 rings (SSSR count). The van der Waals surface area contributed by atoms with E-state index in [1.807, 2.05) is 59.6 Å². The molecule has 0 unspecified atom stereocenters. The Bertz CT molecular complexity index is 1620. The van der Waals surface area contributed by atoms with Crippen molar-refractivity contribution in [3.63, 3.8) is 0 Å². The first-order valence-electron chi connectivity index (χ1n) is 12.0. The zero-order chi connectivity index (χ0) is 25.5. The molecule has 3 heterocycles. The normalized spacial score (nSPS) is 14.8. The molecule has 1 aliphatic heterocycles. The molecule has 2 aromatic heterocycles. The number of carbonyl (C=O) groups is 1. The van der Waals surface area contributed by atoms with Gasteiger partial charge in [0.2, 0.25) is 0 Å². The highest BCUT2D eigenvalue weighted by Gasteiger charge is 2.42. The number of aromatic nitrogens is 3. The van der Waals surface area contributed by atoms with Crippen molar-refractivity contribution in [2.75, 3.05) is 20.8 Å². The number of aromatic amines is 2. The van der Waals surface area contributed by atoms with Crippen LogP contribution < -0.4 is 9.47 Å². The lowest BCUT2D eigenvalue weighted by Gasteiger charge is -2.26. The summed E-state index contributed by atoms with van der Waals surface area (Å²) in [5, 5.41) is 18.8. The molecule has 1 amide bonds. The second-order valence-electron chi connectivity index (χ2n) is 9.06. The highest BCUT2D eigenvalue weighted by Crippen LogP contribution is 2.43. The third kappa shape index (κ3) is 3.87. The van der Waals surface area contributed by atoms with E-state index in [2.05, 4.69) is 15.2 Å². The van der Waals surface area contributed by atoms with Crippen LogP contribution in [0.3, 0.4) is 0 Å². The van der Waals surface area contributed by atoms with Gasteiger partial charge < -0.3 is 24.5 Å². The van der Waals surface area contributed by atoms with Crippen LogP contribution in [0.4, 0.5) is 0 Å². The fourth-order valence-electron chi connectivity index (χ4n) is 5.19. The number of carbonyl (C=O) groups excluding carboxylic acids is 1. The molecule has 0 saturated heterocycles. The monoisotopic (exact) mass is 494 g/mol. The highest BCUT2D eigenvalue weighted by molar-refractivity contribution is 6.00. The van der Waals surface area contributed by atoms with Gasteiger partial charge in [-0.2, -0.15) is 5.10 Å². The van der Waals surface area contributed by atoms with Crippen molar-refractivity contribution < 1.29 is 19.4 Å². The number of fused-ring (bicyclic) bond motifs is 2. The number of hydrogen-bond acceptors (Lipinski definition) is 5. The summed E-state index contributed by atoms with van der Waals surface area (Å²) >= 11 is 0. The number of methoxy groups -OCH3 is 2. The van der Waals surface area contributed by atoms with Crippen LogP contribution in [0.2, 0.25) is 0 Å². The smallest absolute Gasteiger partial charge is 0.273 e. The molecule has 3 aromatic carbocycles. The van der Waals surface area contributed by atoms with Crippen LogP contribution in [-0.2, 0) is 6.42 Å². The summed E-state index contributed by atoms with van der Waals surface area (Å²) in [5.41, 5.74) is 5.73. The number of hydrogen-bond donors (Lipinski definition) is 3. The van der Waals surface area contributed by atoms with E-state index in [9.17, 15) is 9.90 Å². The van der Waals surface area contributed by atoms with Gasteiger partial charge in [0, 0.05) is 34.8 Å². The zero-order valence-electron chi connectivity index (χ0n) is 20.5. The Morgan fingerprint density at radius 1 is 1.00 bits per heavy atom. The van der Waals surface area contributed by atoms with Gasteiger partial charge in [0.1, 0.15) is 22.9 Å². The number of nitrogens with one attached hydrogen (secondary N) is 2. The zero-order valence-corrected chi connectivity index (χ0v) is 20.5. The molecule has 5 aromatic rings. The number of benzene rings is 3. The predicted octanol–water partition coefficient (Wildman–Crippen LogP) is 5.07. The van der Waals surface area contributed by atoms with Crippen LogP contribution >= 0.6 is 0 Å². The summed E-state index contributed by atoms with van der Waals surface area (Å²) in [4.78, 5) is 18.9. The average Bonchev–Trinajstić information content (AvgIpc) is 3.61. The third-order valence-electron chi connectivity index (χ3n) is 6.99. The third-order valence-corrected chi connectivity index (χ3v) is 6.99. The minimum Gasteiger partial charge on any atom is -0.508 e. The van der Waals surface area contributed by atoms with Crippen LogP contribution in [0.5, 0.6) is 17.2 Å². The predicted molar refractivity (Wildman–Crippen MR) is 140 cm³/mol. The molecule has 0 saturated carbocycles. The van der Waals surface area contributed by atoms with Crippen molar-refractivity contribution >= 4 is 16.8 Å². The second kappa shape index (κ2) is 9.05. The number of rotatable bonds is 7. The van der Waals surface area contributed by atoms with E-state index in [0.717, 1.165) is 38.9 Å². The first-order chi connectivity index (χ1) is 18.1. The summed E-state index contributed by atoms with van der Waals surface area (Å²) in [6.45, 7) is 0.476. The molecule has 1 aliphatic rings. The van der Waals surface area contributed by atoms with Gasteiger partial charge in [-0.15, -0.1) is 0 Å². The Morgan fingerprint density at radius 2 is 1.81 bits per heavy atom. The van der Waals surface area contributed by atoms with E-state index >= 15 is 0 Å². The van der Waals surface area contributed by atoms with Crippen LogP contribution in [0.1, 0.15) is 33.2 Å². The van der Waals surface area contributed by atoms with Crippen molar-refractivity contribution in [2.24, 2.45) is 0 Å². The van der Waals surface area contributed by atoms with E-state index in [-0.39, 0.29) is 11.7 Å². The summed E-state index contributed by atoms with van der Waals surface area (Å²) < 4.78 is 10.8. The van der Waals surface area contributed by atoms with Gasteiger partial charge in [-0.25, -0.2) is 0 Å². The maximum Gasteiger partial charge on any atom is 0.273 e. The van der Waals surface area contributed by atoms with Gasteiger partial charge in [-0.3, -0.25) is 9.89 Å². The number of nitrogens with zero attached hydrogens (tertiary/aromatic N) is 2. The molecule has 8 nitrogen and oxygen atoms in total. The van der Waals surface area contributed by atoms with Crippen molar-refractivity contribution in [1.82, 2.24) is 20.1 Å². The summed E-state index contributed by atoms with van der Waals surface area (Å²) in [7, 11) is 3.27. The fourth-order valence-corrected chi connectivity index (χ4v) is 5.19. The molecule has 0 radical (unpaired) electrons. The van der Waals surface area contributed by atoms with Gasteiger partial charge >= 0.3 is 0 Å². The van der Waals surface area contributed by atoms with Gasteiger partial charge in [-0.05, 0) is 60.0 Å². The second-order valence-corrected chi connectivity index (χ2v) is 9.06. The molecular weight excluding hydrogens is 468 g/mol. The first kappa shape index (κ1) is 22.7. The Balaban J connectivity index is 1.40. The number of H-pyrrole nitrogens is 2. The number of ether oxygens (including phenoxy) is 2. The van der Waals surface area contributed by atoms with Crippen LogP contribution in [-0.4, -0.2) is 51.9 Å².